The van der Waals surface area contributed by atoms with Crippen molar-refractivity contribution >= 4 is 0 Å². The molecular formula is C14H24FN3O. The molecule has 108 valence electrons. The van der Waals surface area contributed by atoms with Crippen molar-refractivity contribution in [1.29, 1.82) is 0 Å². The highest BCUT2D eigenvalue weighted by atomic mass is 19.1. The summed E-state index contributed by atoms with van der Waals surface area (Å²) in [5, 5.41) is 3.66. The number of hydrogen-bond donors (Lipinski definition) is 0. The van der Waals surface area contributed by atoms with Crippen molar-refractivity contribution in [3.8, 4) is 5.88 Å². The van der Waals surface area contributed by atoms with Gasteiger partial charge in [0, 0.05) is 25.7 Å². The Hall–Kier alpha value is -1.10. The maximum Gasteiger partial charge on any atom is 0.236 e. The number of piperidine rings is 1. The maximum atomic E-state index is 13.0. The van der Waals surface area contributed by atoms with Crippen LogP contribution in [0.4, 0.5) is 4.39 Å². The van der Waals surface area contributed by atoms with Crippen LogP contribution in [0.2, 0.25) is 0 Å². The van der Waals surface area contributed by atoms with Crippen molar-refractivity contribution < 1.29 is 9.13 Å². The van der Waals surface area contributed by atoms with Crippen molar-refractivity contribution in [3.63, 3.8) is 0 Å². The summed E-state index contributed by atoms with van der Waals surface area (Å²) in [5.41, 5.74) is 0.254. The van der Waals surface area contributed by atoms with E-state index in [4.69, 9.17) is 4.74 Å². The fraction of sp³-hybridized carbons (Fsp3) is 0.786. The molecule has 4 nitrogen and oxygen atoms in total. The highest BCUT2D eigenvalue weighted by Gasteiger charge is 2.30. The molecule has 1 fully saturated rings. The Morgan fingerprint density at radius 1 is 1.42 bits per heavy atom. The first-order chi connectivity index (χ1) is 8.92. The second-order valence-electron chi connectivity index (χ2n) is 5.90. The molecule has 0 aliphatic carbocycles. The van der Waals surface area contributed by atoms with Gasteiger partial charge in [-0.1, -0.05) is 6.92 Å². The highest BCUT2D eigenvalue weighted by Crippen LogP contribution is 2.25. The monoisotopic (exact) mass is 269 g/mol. The molecule has 0 N–H and O–H groups in total. The van der Waals surface area contributed by atoms with Crippen molar-refractivity contribution in [2.24, 2.45) is 7.05 Å². The van der Waals surface area contributed by atoms with Gasteiger partial charge in [0.25, 0.3) is 0 Å². The molecule has 0 saturated carbocycles. The number of halogens is 1. The number of rotatable bonds is 4. The summed E-state index contributed by atoms with van der Waals surface area (Å²) in [6.45, 7) is 8.86. The number of hydrogen-bond acceptors (Lipinski definition) is 3. The van der Waals surface area contributed by atoms with Crippen LogP contribution in [-0.4, -0.2) is 39.4 Å². The number of ether oxygens (including phenoxy) is 1. The molecule has 0 unspecified atom stereocenters. The van der Waals surface area contributed by atoms with E-state index < -0.39 is 5.95 Å². The van der Waals surface area contributed by atoms with E-state index >= 15 is 0 Å². The minimum Gasteiger partial charge on any atom is -0.474 e. The third-order valence-corrected chi connectivity index (χ3v) is 4.26. The zero-order valence-corrected chi connectivity index (χ0v) is 12.3. The average molecular weight is 269 g/mol. The lowest BCUT2D eigenvalue weighted by Crippen LogP contribution is -2.49. The van der Waals surface area contributed by atoms with E-state index in [9.17, 15) is 4.39 Å². The minimum absolute atomic E-state index is 0.165. The Kier molecular flexibility index (Phi) is 4.13. The zero-order chi connectivity index (χ0) is 14.0. The summed E-state index contributed by atoms with van der Waals surface area (Å²) in [5.74, 6) is 0.0350. The summed E-state index contributed by atoms with van der Waals surface area (Å²) < 4.78 is 20.3. The summed E-state index contributed by atoms with van der Waals surface area (Å²) in [6.07, 6.45) is 3.27. The second-order valence-corrected chi connectivity index (χ2v) is 5.90. The smallest absolute Gasteiger partial charge is 0.236 e. The van der Waals surface area contributed by atoms with Crippen molar-refractivity contribution in [2.75, 3.05) is 13.1 Å². The molecular weight excluding hydrogens is 245 g/mol. The van der Waals surface area contributed by atoms with E-state index in [0.717, 1.165) is 32.4 Å². The topological polar surface area (TPSA) is 30.3 Å². The number of aryl methyl sites for hydroxylation is 1. The average Bonchev–Trinajstić information content (AvgIpc) is 2.68. The van der Waals surface area contributed by atoms with Gasteiger partial charge in [-0.25, -0.2) is 4.68 Å². The molecule has 1 aromatic heterocycles. The van der Waals surface area contributed by atoms with Gasteiger partial charge >= 0.3 is 0 Å². The number of likely N-dealkylation sites (tertiary alicyclic amines) is 1. The maximum absolute atomic E-state index is 13.0. The Morgan fingerprint density at radius 2 is 2.05 bits per heavy atom. The van der Waals surface area contributed by atoms with Crippen LogP contribution >= 0.6 is 0 Å². The van der Waals surface area contributed by atoms with E-state index in [1.807, 2.05) is 0 Å². The lowest BCUT2D eigenvalue weighted by atomic mass is 9.95. The van der Waals surface area contributed by atoms with E-state index in [1.165, 1.54) is 10.7 Å². The predicted molar refractivity (Wildman–Crippen MR) is 72.8 cm³/mol. The van der Waals surface area contributed by atoms with Gasteiger partial charge in [0.05, 0.1) is 6.07 Å². The number of nitrogens with zero attached hydrogens (tertiary/aromatic N) is 3. The van der Waals surface area contributed by atoms with E-state index in [0.29, 0.717) is 5.88 Å². The molecule has 1 aliphatic heterocycles. The molecule has 1 aromatic rings. The standard InChI is InChI=1S/C14H24FN3O/c1-5-14(2,3)18-8-6-11(7-9-18)19-13-10-12(15)16-17(13)4/h10-11H,5-9H2,1-4H3. The fourth-order valence-corrected chi connectivity index (χ4v) is 2.50. The molecule has 5 heteroatoms. The molecule has 2 rings (SSSR count). The molecule has 2 heterocycles. The van der Waals surface area contributed by atoms with Crippen LogP contribution in [0.3, 0.4) is 0 Å². The first kappa shape index (κ1) is 14.3. The van der Waals surface area contributed by atoms with Crippen LogP contribution in [0.1, 0.15) is 40.0 Å². The first-order valence-electron chi connectivity index (χ1n) is 7.03. The SMILES string of the molecule is CCC(C)(C)N1CCC(Oc2cc(F)nn2C)CC1. The largest absolute Gasteiger partial charge is 0.474 e. The summed E-state index contributed by atoms with van der Waals surface area (Å²) >= 11 is 0. The van der Waals surface area contributed by atoms with Crippen molar-refractivity contribution in [2.45, 2.75) is 51.7 Å². The number of aromatic nitrogens is 2. The van der Waals surface area contributed by atoms with Gasteiger partial charge in [-0.05, 0) is 33.1 Å². The highest BCUT2D eigenvalue weighted by molar-refractivity contribution is 5.09. The first-order valence-corrected chi connectivity index (χ1v) is 7.03. The van der Waals surface area contributed by atoms with Crippen LogP contribution in [0.25, 0.3) is 0 Å². The molecule has 0 radical (unpaired) electrons. The quantitative estimate of drug-likeness (QED) is 0.841. The van der Waals surface area contributed by atoms with Crippen LogP contribution < -0.4 is 4.74 Å². The second kappa shape index (κ2) is 5.49. The van der Waals surface area contributed by atoms with Crippen molar-refractivity contribution in [3.05, 3.63) is 12.0 Å². The zero-order valence-electron chi connectivity index (χ0n) is 12.3. The Bertz CT molecular complexity index is 422. The van der Waals surface area contributed by atoms with Crippen LogP contribution in [-0.2, 0) is 7.05 Å². The Labute approximate surface area is 114 Å². The van der Waals surface area contributed by atoms with Crippen LogP contribution in [0, 0.1) is 5.95 Å². The molecule has 19 heavy (non-hydrogen) atoms. The van der Waals surface area contributed by atoms with E-state index in [2.05, 4.69) is 30.8 Å². The van der Waals surface area contributed by atoms with Gasteiger partial charge in [-0.2, -0.15) is 4.39 Å². The van der Waals surface area contributed by atoms with Gasteiger partial charge in [-0.3, -0.25) is 4.90 Å². The third-order valence-electron chi connectivity index (χ3n) is 4.26. The molecule has 1 aliphatic rings. The van der Waals surface area contributed by atoms with Gasteiger partial charge in [0.2, 0.25) is 11.8 Å². The Morgan fingerprint density at radius 3 is 2.53 bits per heavy atom. The summed E-state index contributed by atoms with van der Waals surface area (Å²) in [7, 11) is 1.70. The van der Waals surface area contributed by atoms with Crippen molar-refractivity contribution in [1.82, 2.24) is 14.7 Å². The fourth-order valence-electron chi connectivity index (χ4n) is 2.50. The minimum atomic E-state index is -0.484. The normalized spacial score (nSPS) is 18.8. The van der Waals surface area contributed by atoms with Gasteiger partial charge in [0.1, 0.15) is 6.10 Å². The van der Waals surface area contributed by atoms with E-state index in [1.54, 1.807) is 7.05 Å². The Balaban J connectivity index is 1.89. The molecule has 1 saturated heterocycles. The van der Waals surface area contributed by atoms with Gasteiger partial charge in [0.15, 0.2) is 0 Å². The van der Waals surface area contributed by atoms with Gasteiger partial charge in [-0.15, -0.1) is 5.10 Å². The lowest BCUT2D eigenvalue weighted by molar-refractivity contribution is 0.0358. The van der Waals surface area contributed by atoms with Gasteiger partial charge < -0.3 is 4.74 Å². The molecule has 0 atom stereocenters. The summed E-state index contributed by atoms with van der Waals surface area (Å²) in [4.78, 5) is 2.51. The molecule has 0 amide bonds. The molecule has 0 bridgehead atoms. The van der Waals surface area contributed by atoms with E-state index in [-0.39, 0.29) is 11.6 Å². The molecule has 0 aromatic carbocycles. The lowest BCUT2D eigenvalue weighted by Gasteiger charge is -2.42. The van der Waals surface area contributed by atoms with Crippen LogP contribution in [0.5, 0.6) is 5.88 Å². The third kappa shape index (κ3) is 3.26. The summed E-state index contributed by atoms with van der Waals surface area (Å²) in [6, 6.07) is 1.35. The predicted octanol–water partition coefficient (Wildman–Crippen LogP) is 2.59. The van der Waals surface area contributed by atoms with Crippen LogP contribution in [0.15, 0.2) is 6.07 Å². The molecule has 0 spiro atoms.